The predicted molar refractivity (Wildman–Crippen MR) is 97.7 cm³/mol. The topological polar surface area (TPSA) is 44.8 Å². The summed E-state index contributed by atoms with van der Waals surface area (Å²) in [5.74, 6) is 0.573. The van der Waals surface area contributed by atoms with Gasteiger partial charge in [-0.25, -0.2) is 0 Å². The molecule has 134 valence electrons. The molecule has 0 saturated carbocycles. The van der Waals surface area contributed by atoms with Gasteiger partial charge in [-0.05, 0) is 38.1 Å². The average Bonchev–Trinajstić information content (AvgIpc) is 2.64. The molecule has 0 bridgehead atoms. The summed E-state index contributed by atoms with van der Waals surface area (Å²) < 4.78 is 5.22. The van der Waals surface area contributed by atoms with Crippen LogP contribution in [0.3, 0.4) is 0 Å². The molecule has 1 N–H and O–H groups in total. The number of nitrogens with one attached hydrogen (secondary N) is 1. The predicted octanol–water partition coefficient (Wildman–Crippen LogP) is 2.23. The lowest BCUT2D eigenvalue weighted by Gasteiger charge is -2.33. The number of likely N-dealkylation sites (N-methyl/N-ethyl adjacent to an activating group) is 1. The van der Waals surface area contributed by atoms with E-state index < -0.39 is 0 Å². The first-order valence-corrected chi connectivity index (χ1v) is 9.10. The van der Waals surface area contributed by atoms with Gasteiger partial charge in [0.2, 0.25) is 0 Å². The van der Waals surface area contributed by atoms with Crippen molar-refractivity contribution in [3.8, 4) is 5.75 Å². The second-order valence-electron chi connectivity index (χ2n) is 6.29. The summed E-state index contributed by atoms with van der Waals surface area (Å²) in [4.78, 5) is 17.2. The highest BCUT2D eigenvalue weighted by Crippen LogP contribution is 2.16. The molecular formula is C19H31N3O2. The molecule has 2 rings (SSSR count). The molecule has 1 fully saturated rings. The molecule has 1 aliphatic heterocycles. The summed E-state index contributed by atoms with van der Waals surface area (Å²) in [6, 6.07) is 7.34. The van der Waals surface area contributed by atoms with Gasteiger partial charge in [0.1, 0.15) is 5.75 Å². The Hall–Kier alpha value is -1.59. The molecule has 1 aromatic carbocycles. The number of hydrogen-bond acceptors (Lipinski definition) is 4. The second kappa shape index (κ2) is 10.3. The number of amides is 1. The quantitative estimate of drug-likeness (QED) is 0.704. The molecule has 0 aliphatic carbocycles. The number of benzene rings is 1. The van der Waals surface area contributed by atoms with Crippen molar-refractivity contribution in [2.75, 3.05) is 52.9 Å². The van der Waals surface area contributed by atoms with E-state index in [1.807, 2.05) is 18.2 Å². The van der Waals surface area contributed by atoms with Crippen LogP contribution in [0, 0.1) is 0 Å². The molecule has 1 saturated heterocycles. The van der Waals surface area contributed by atoms with Crippen LogP contribution in [0.25, 0.3) is 0 Å². The summed E-state index contributed by atoms with van der Waals surface area (Å²) >= 11 is 0. The van der Waals surface area contributed by atoms with Gasteiger partial charge in [0.05, 0.1) is 12.7 Å². The number of para-hydroxylation sites is 1. The van der Waals surface area contributed by atoms with Crippen LogP contribution in [0.5, 0.6) is 5.75 Å². The zero-order valence-electron chi connectivity index (χ0n) is 15.1. The van der Waals surface area contributed by atoms with E-state index in [1.165, 1.54) is 45.7 Å². The third-order valence-corrected chi connectivity index (χ3v) is 4.70. The largest absolute Gasteiger partial charge is 0.496 e. The minimum absolute atomic E-state index is 0.0527. The van der Waals surface area contributed by atoms with Crippen molar-refractivity contribution >= 4 is 5.91 Å². The molecule has 1 aliphatic rings. The number of carbonyl (C=O) groups excluding carboxylic acids is 1. The average molecular weight is 333 g/mol. The van der Waals surface area contributed by atoms with Crippen LogP contribution >= 0.6 is 0 Å². The first kappa shape index (κ1) is 18.7. The highest BCUT2D eigenvalue weighted by molar-refractivity contribution is 5.96. The van der Waals surface area contributed by atoms with Crippen LogP contribution in [0.1, 0.15) is 36.5 Å². The molecule has 5 heteroatoms. The number of methoxy groups -OCH3 is 1. The van der Waals surface area contributed by atoms with Crippen LogP contribution in [0.2, 0.25) is 0 Å². The Morgan fingerprint density at radius 3 is 2.50 bits per heavy atom. The van der Waals surface area contributed by atoms with Crippen molar-refractivity contribution in [1.82, 2.24) is 15.1 Å². The molecule has 1 aromatic rings. The van der Waals surface area contributed by atoms with Gasteiger partial charge < -0.3 is 19.9 Å². The van der Waals surface area contributed by atoms with E-state index in [9.17, 15) is 4.79 Å². The Labute approximate surface area is 146 Å². The number of unbranched alkanes of at least 4 members (excludes halogenated alkanes) is 2. The lowest BCUT2D eigenvalue weighted by molar-refractivity contribution is 0.0949. The monoisotopic (exact) mass is 333 g/mol. The maximum Gasteiger partial charge on any atom is 0.255 e. The van der Waals surface area contributed by atoms with Crippen LogP contribution in [0.4, 0.5) is 0 Å². The lowest BCUT2D eigenvalue weighted by Crippen LogP contribution is -2.46. The molecule has 0 unspecified atom stereocenters. The fourth-order valence-electron chi connectivity index (χ4n) is 3.10. The number of piperazine rings is 1. The first-order valence-electron chi connectivity index (χ1n) is 9.10. The maximum absolute atomic E-state index is 12.2. The van der Waals surface area contributed by atoms with Crippen LogP contribution in [-0.4, -0.2) is 68.6 Å². The number of nitrogens with zero attached hydrogens (tertiary/aromatic N) is 2. The smallest absolute Gasteiger partial charge is 0.255 e. The van der Waals surface area contributed by atoms with Crippen LogP contribution in [-0.2, 0) is 0 Å². The SMILES string of the molecule is CCN1CCN(CCCCCNC(=O)c2ccccc2OC)CC1. The van der Waals surface area contributed by atoms with Gasteiger partial charge in [-0.15, -0.1) is 0 Å². The number of carbonyl (C=O) groups is 1. The van der Waals surface area contributed by atoms with Gasteiger partial charge >= 0.3 is 0 Å². The van der Waals surface area contributed by atoms with Crippen LogP contribution in [0.15, 0.2) is 24.3 Å². The molecule has 0 aromatic heterocycles. The van der Waals surface area contributed by atoms with Crippen molar-refractivity contribution in [2.24, 2.45) is 0 Å². The minimum atomic E-state index is -0.0527. The van der Waals surface area contributed by atoms with Crippen molar-refractivity contribution in [3.63, 3.8) is 0 Å². The third-order valence-electron chi connectivity index (χ3n) is 4.70. The molecule has 24 heavy (non-hydrogen) atoms. The Balaban J connectivity index is 1.56. The standard InChI is InChI=1S/C19H31N3O2/c1-3-21-13-15-22(16-14-21)12-8-4-7-11-20-19(23)17-9-5-6-10-18(17)24-2/h5-6,9-10H,3-4,7-8,11-16H2,1-2H3,(H,20,23). The first-order chi connectivity index (χ1) is 11.7. The summed E-state index contributed by atoms with van der Waals surface area (Å²) in [5.41, 5.74) is 0.605. The van der Waals surface area contributed by atoms with E-state index in [1.54, 1.807) is 13.2 Å². The van der Waals surface area contributed by atoms with Crippen LogP contribution < -0.4 is 10.1 Å². The molecule has 1 heterocycles. The third kappa shape index (κ3) is 5.80. The van der Waals surface area contributed by atoms with Gasteiger partial charge in [-0.2, -0.15) is 0 Å². The zero-order valence-corrected chi connectivity index (χ0v) is 15.1. The van der Waals surface area contributed by atoms with Gasteiger partial charge in [0.25, 0.3) is 5.91 Å². The second-order valence-corrected chi connectivity index (χ2v) is 6.29. The fourth-order valence-corrected chi connectivity index (χ4v) is 3.10. The van der Waals surface area contributed by atoms with Crippen molar-refractivity contribution in [3.05, 3.63) is 29.8 Å². The molecule has 0 radical (unpaired) electrons. The molecule has 1 amide bonds. The highest BCUT2D eigenvalue weighted by Gasteiger charge is 2.14. The Bertz CT molecular complexity index is 499. The number of rotatable bonds is 9. The van der Waals surface area contributed by atoms with Gasteiger partial charge in [-0.3, -0.25) is 4.79 Å². The number of hydrogen-bond donors (Lipinski definition) is 1. The van der Waals surface area contributed by atoms with E-state index >= 15 is 0 Å². The minimum Gasteiger partial charge on any atom is -0.496 e. The Morgan fingerprint density at radius 2 is 1.79 bits per heavy atom. The van der Waals surface area contributed by atoms with Crippen molar-refractivity contribution < 1.29 is 9.53 Å². The highest BCUT2D eigenvalue weighted by atomic mass is 16.5. The van der Waals surface area contributed by atoms with E-state index in [-0.39, 0.29) is 5.91 Å². The molecule has 0 atom stereocenters. The van der Waals surface area contributed by atoms with Gasteiger partial charge in [0.15, 0.2) is 0 Å². The normalized spacial score (nSPS) is 16.1. The van der Waals surface area contributed by atoms with Gasteiger partial charge in [0, 0.05) is 32.7 Å². The summed E-state index contributed by atoms with van der Waals surface area (Å²) in [6.07, 6.45) is 3.38. The zero-order chi connectivity index (χ0) is 17.2. The van der Waals surface area contributed by atoms with E-state index in [4.69, 9.17) is 4.74 Å². The van der Waals surface area contributed by atoms with Crippen molar-refractivity contribution in [1.29, 1.82) is 0 Å². The molecular weight excluding hydrogens is 302 g/mol. The summed E-state index contributed by atoms with van der Waals surface area (Å²) in [5, 5.41) is 2.99. The van der Waals surface area contributed by atoms with E-state index in [0.717, 1.165) is 19.4 Å². The molecule has 0 spiro atoms. The summed E-state index contributed by atoms with van der Waals surface area (Å²) in [6.45, 7) is 10.1. The molecule has 5 nitrogen and oxygen atoms in total. The van der Waals surface area contributed by atoms with Gasteiger partial charge in [-0.1, -0.05) is 25.5 Å². The lowest BCUT2D eigenvalue weighted by atomic mass is 10.1. The van der Waals surface area contributed by atoms with E-state index in [2.05, 4.69) is 22.0 Å². The van der Waals surface area contributed by atoms with Crippen molar-refractivity contribution in [2.45, 2.75) is 26.2 Å². The summed E-state index contributed by atoms with van der Waals surface area (Å²) in [7, 11) is 1.59. The van der Waals surface area contributed by atoms with E-state index in [0.29, 0.717) is 11.3 Å². The Morgan fingerprint density at radius 1 is 1.08 bits per heavy atom. The Kier molecular flexibility index (Phi) is 8.05. The number of ether oxygens (including phenoxy) is 1. The fraction of sp³-hybridized carbons (Fsp3) is 0.632. The maximum atomic E-state index is 12.2.